The van der Waals surface area contributed by atoms with Crippen molar-refractivity contribution in [1.82, 2.24) is 14.1 Å². The van der Waals surface area contributed by atoms with E-state index in [9.17, 15) is 0 Å². The molecule has 3 heterocycles. The fraction of sp³-hybridized carbons (Fsp3) is 0.0769. The van der Waals surface area contributed by atoms with Crippen LogP contribution >= 0.6 is 0 Å². The highest BCUT2D eigenvalue weighted by molar-refractivity contribution is 7.20. The Morgan fingerprint density at radius 2 is 1.07 bits per heavy atom. The van der Waals surface area contributed by atoms with Gasteiger partial charge in [0.1, 0.15) is 17.0 Å². The maximum Gasteiger partial charge on any atom is 0.250 e. The molecule has 7 aromatic carbocycles. The van der Waals surface area contributed by atoms with E-state index in [0.29, 0.717) is 0 Å². The van der Waals surface area contributed by atoms with E-state index >= 15 is 0 Å². The first-order chi connectivity index (χ1) is 27.9. The number of nitrogens with zero attached hydrogens (tertiary/aromatic N) is 4. The number of hydrogen-bond donors (Lipinski definition) is 0. The van der Waals surface area contributed by atoms with E-state index in [1.165, 1.54) is 48.1 Å². The number of para-hydroxylation sites is 3. The minimum absolute atomic E-state index is 0.0849. The summed E-state index contributed by atoms with van der Waals surface area (Å²) in [7, 11) is -2.97. The number of imidazole rings is 1. The number of pyridine rings is 1. The first-order valence-corrected chi connectivity index (χ1v) is 21.7. The maximum atomic E-state index is 5.03. The molecule has 5 heteroatoms. The lowest BCUT2D eigenvalue weighted by Crippen LogP contribution is -2.74. The molecule has 0 radical (unpaired) electrons. The van der Waals surface area contributed by atoms with Gasteiger partial charge in [-0.15, -0.1) is 0 Å². The van der Waals surface area contributed by atoms with E-state index in [1.54, 1.807) is 0 Å². The number of benzene rings is 7. The lowest BCUT2D eigenvalue weighted by atomic mass is 10.1. The summed E-state index contributed by atoms with van der Waals surface area (Å²) in [6.45, 7) is 6.81. The van der Waals surface area contributed by atoms with Crippen molar-refractivity contribution in [3.05, 3.63) is 207 Å². The zero-order valence-electron chi connectivity index (χ0n) is 32.4. The molecular weight excluding hydrogens is 709 g/mol. The van der Waals surface area contributed by atoms with Crippen molar-refractivity contribution in [3.63, 3.8) is 0 Å². The Balaban J connectivity index is 1.27. The molecule has 0 atom stereocenters. The third kappa shape index (κ3) is 5.73. The van der Waals surface area contributed by atoms with Gasteiger partial charge in [0.2, 0.25) is 6.33 Å². The number of rotatable bonds is 7. The summed E-state index contributed by atoms with van der Waals surface area (Å²) < 4.78 is 7.12. The highest BCUT2D eigenvalue weighted by atomic mass is 28.3. The van der Waals surface area contributed by atoms with Gasteiger partial charge in [0.15, 0.2) is 19.1 Å². The Bertz CT molecular complexity index is 3010. The van der Waals surface area contributed by atoms with Gasteiger partial charge in [-0.2, -0.15) is 4.57 Å². The summed E-state index contributed by atoms with van der Waals surface area (Å²) in [4.78, 5) is 5.03. The van der Waals surface area contributed by atoms with Crippen molar-refractivity contribution in [1.29, 1.82) is 0 Å². The Morgan fingerprint density at radius 3 is 1.79 bits per heavy atom. The minimum atomic E-state index is -2.97. The standard InChI is InChI=1S/C52H43N4Si/c1-52(2,3)55-37-54(48-28-15-16-29-49(48)55)40-20-17-25-43(35-40)57(41-21-9-5-10-22-41,42-23-11-6-12-24-42)44-30-31-46-45-26-13-14-27-47(45)56(50(46)36-44)51-34-39(32-33-53-51)38-18-7-4-8-19-38/h4-37H,1-3H3/q+1. The molecule has 0 amide bonds. The predicted molar refractivity (Wildman–Crippen MR) is 240 cm³/mol. The van der Waals surface area contributed by atoms with E-state index in [-0.39, 0.29) is 5.54 Å². The van der Waals surface area contributed by atoms with Crippen LogP contribution in [0.15, 0.2) is 207 Å². The number of fused-ring (bicyclic) bond motifs is 4. The first kappa shape index (κ1) is 34.7. The molecule has 3 aromatic heterocycles. The summed E-state index contributed by atoms with van der Waals surface area (Å²) >= 11 is 0. The second kappa shape index (κ2) is 13.7. The lowest BCUT2D eigenvalue weighted by molar-refractivity contribution is -0.731. The van der Waals surface area contributed by atoms with Crippen molar-refractivity contribution >= 4 is 61.7 Å². The Morgan fingerprint density at radius 1 is 0.474 bits per heavy atom. The van der Waals surface area contributed by atoms with Crippen LogP contribution in [0.25, 0.3) is 55.5 Å². The van der Waals surface area contributed by atoms with E-state index in [2.05, 4.69) is 235 Å². The van der Waals surface area contributed by atoms with Gasteiger partial charge < -0.3 is 0 Å². The zero-order valence-corrected chi connectivity index (χ0v) is 33.4. The molecule has 0 aliphatic heterocycles. The van der Waals surface area contributed by atoms with Crippen molar-refractivity contribution in [2.45, 2.75) is 26.3 Å². The van der Waals surface area contributed by atoms with E-state index in [0.717, 1.165) is 28.1 Å². The Kier molecular flexibility index (Phi) is 8.35. The molecule has 10 rings (SSSR count). The molecule has 274 valence electrons. The predicted octanol–water partition coefficient (Wildman–Crippen LogP) is 9.21. The van der Waals surface area contributed by atoms with Gasteiger partial charge in [0, 0.05) is 17.0 Å². The SMILES string of the molecule is CC(C)(C)[n+]1cn(-c2cccc([Si](c3ccccc3)(c3ccccc3)c3ccc4c5ccccc5n(-c5cc(-c6ccccc6)ccn5)c4c3)c2)c2ccccc21. The van der Waals surface area contributed by atoms with Gasteiger partial charge in [-0.1, -0.05) is 146 Å². The summed E-state index contributed by atoms with van der Waals surface area (Å²) in [6.07, 6.45) is 4.22. The normalized spacial score (nSPS) is 12.1. The van der Waals surface area contributed by atoms with Crippen LogP contribution in [0, 0.1) is 0 Å². The summed E-state index contributed by atoms with van der Waals surface area (Å²) in [5, 5.41) is 7.73. The van der Waals surface area contributed by atoms with Gasteiger partial charge in [0.05, 0.1) is 11.0 Å². The molecule has 0 saturated carbocycles. The van der Waals surface area contributed by atoms with Gasteiger partial charge in [-0.3, -0.25) is 4.57 Å². The quantitative estimate of drug-likeness (QED) is 0.0907. The third-order valence-corrected chi connectivity index (χ3v) is 16.3. The maximum absolute atomic E-state index is 5.03. The van der Waals surface area contributed by atoms with Crippen molar-refractivity contribution in [3.8, 4) is 22.6 Å². The van der Waals surface area contributed by atoms with Gasteiger partial charge in [-0.25, -0.2) is 9.55 Å². The molecule has 57 heavy (non-hydrogen) atoms. The van der Waals surface area contributed by atoms with Crippen LogP contribution in [0.3, 0.4) is 0 Å². The molecule has 0 bridgehead atoms. The third-order valence-electron chi connectivity index (χ3n) is 11.5. The topological polar surface area (TPSA) is 26.6 Å². The number of aromatic nitrogens is 4. The highest BCUT2D eigenvalue weighted by Crippen LogP contribution is 2.33. The van der Waals surface area contributed by atoms with Crippen molar-refractivity contribution in [2.75, 3.05) is 0 Å². The largest absolute Gasteiger partial charge is 0.294 e. The molecule has 4 nitrogen and oxygen atoms in total. The van der Waals surface area contributed by atoms with Crippen LogP contribution in [0.5, 0.6) is 0 Å². The molecule has 0 aliphatic carbocycles. The summed E-state index contributed by atoms with van der Waals surface area (Å²) in [5.74, 6) is 0.903. The summed E-state index contributed by atoms with van der Waals surface area (Å²) in [6, 6.07) is 71.4. The molecule has 0 fully saturated rings. The molecule has 0 saturated heterocycles. The molecule has 0 N–H and O–H groups in total. The van der Waals surface area contributed by atoms with E-state index in [1.807, 2.05) is 6.20 Å². The Hall–Kier alpha value is -6.82. The smallest absolute Gasteiger partial charge is 0.250 e. The van der Waals surface area contributed by atoms with Crippen LogP contribution in [0.1, 0.15) is 20.8 Å². The van der Waals surface area contributed by atoms with Crippen molar-refractivity contribution in [2.24, 2.45) is 0 Å². The van der Waals surface area contributed by atoms with Gasteiger partial charge in [0.25, 0.3) is 0 Å². The second-order valence-electron chi connectivity index (χ2n) is 15.9. The zero-order chi connectivity index (χ0) is 38.6. The van der Waals surface area contributed by atoms with Crippen LogP contribution in [0.2, 0.25) is 0 Å². The van der Waals surface area contributed by atoms with Crippen LogP contribution in [-0.2, 0) is 5.54 Å². The Labute approximate surface area is 334 Å². The highest BCUT2D eigenvalue weighted by Gasteiger charge is 2.42. The average Bonchev–Trinajstić information content (AvgIpc) is 3.82. The van der Waals surface area contributed by atoms with Crippen molar-refractivity contribution < 1.29 is 4.57 Å². The first-order valence-electron chi connectivity index (χ1n) is 19.7. The van der Waals surface area contributed by atoms with Crippen LogP contribution in [-0.4, -0.2) is 22.2 Å². The monoisotopic (exact) mass is 751 g/mol. The van der Waals surface area contributed by atoms with Gasteiger partial charge >= 0.3 is 0 Å². The molecule has 0 unspecified atom stereocenters. The second-order valence-corrected chi connectivity index (χ2v) is 19.7. The van der Waals surface area contributed by atoms with E-state index in [4.69, 9.17) is 4.98 Å². The molecule has 0 spiro atoms. The fourth-order valence-corrected chi connectivity index (χ4v) is 13.7. The average molecular weight is 752 g/mol. The number of hydrogen-bond acceptors (Lipinski definition) is 1. The van der Waals surface area contributed by atoms with Gasteiger partial charge in [-0.05, 0) is 101 Å². The summed E-state index contributed by atoms with van der Waals surface area (Å²) in [5.41, 5.74) is 8.07. The molecule has 0 aliphatic rings. The minimum Gasteiger partial charge on any atom is -0.294 e. The van der Waals surface area contributed by atoms with E-state index < -0.39 is 8.07 Å². The molecule has 10 aromatic rings. The van der Waals surface area contributed by atoms with Crippen LogP contribution < -0.4 is 25.3 Å². The molecular formula is C52H43N4Si+. The fourth-order valence-electron chi connectivity index (χ4n) is 8.92. The lowest BCUT2D eigenvalue weighted by Gasteiger charge is -2.34. The van der Waals surface area contributed by atoms with Crippen LogP contribution in [0.4, 0.5) is 0 Å².